The van der Waals surface area contributed by atoms with Gasteiger partial charge in [0.2, 0.25) is 5.91 Å². The fraction of sp³-hybridized carbons (Fsp3) is 0.370. The van der Waals surface area contributed by atoms with Crippen LogP contribution in [0.5, 0.6) is 0 Å². The van der Waals surface area contributed by atoms with E-state index in [1.165, 1.54) is 0 Å². The van der Waals surface area contributed by atoms with Gasteiger partial charge in [-0.15, -0.1) is 6.58 Å². The van der Waals surface area contributed by atoms with Crippen LogP contribution >= 0.6 is 0 Å². The fourth-order valence-electron chi connectivity index (χ4n) is 4.27. The monoisotopic (exact) mass is 464 g/mol. The van der Waals surface area contributed by atoms with Gasteiger partial charge < -0.3 is 20.5 Å². The highest BCUT2D eigenvalue weighted by Crippen LogP contribution is 2.44. The topological polar surface area (TPSA) is 105 Å². The summed E-state index contributed by atoms with van der Waals surface area (Å²) in [4.78, 5) is 35.6. The number of ether oxygens (including phenoxy) is 1. The van der Waals surface area contributed by atoms with Crippen molar-refractivity contribution >= 4 is 18.0 Å². The molecule has 0 spiro atoms. The molecule has 0 saturated carbocycles. The van der Waals surface area contributed by atoms with Gasteiger partial charge >= 0.3 is 12.1 Å². The van der Waals surface area contributed by atoms with Gasteiger partial charge in [0.25, 0.3) is 0 Å². The predicted octanol–water partition coefficient (Wildman–Crippen LogP) is 4.62. The molecule has 1 aliphatic carbocycles. The quantitative estimate of drug-likeness (QED) is 0.296. The molecule has 3 rings (SSSR count). The number of hydrogen-bond acceptors (Lipinski definition) is 4. The molecule has 2 aromatic rings. The summed E-state index contributed by atoms with van der Waals surface area (Å²) in [6.45, 7) is 4.32. The van der Waals surface area contributed by atoms with Gasteiger partial charge in [-0.2, -0.15) is 0 Å². The number of rotatable bonds is 13. The largest absolute Gasteiger partial charge is 0.481 e. The summed E-state index contributed by atoms with van der Waals surface area (Å²) in [7, 11) is 0. The lowest BCUT2D eigenvalue weighted by molar-refractivity contribution is -0.137. The number of carbonyl (C=O) groups excluding carboxylic acids is 2. The minimum Gasteiger partial charge on any atom is -0.481 e. The van der Waals surface area contributed by atoms with Gasteiger partial charge in [0, 0.05) is 18.9 Å². The van der Waals surface area contributed by atoms with Gasteiger partial charge in [-0.05, 0) is 41.5 Å². The second-order valence-corrected chi connectivity index (χ2v) is 8.40. The Labute approximate surface area is 200 Å². The van der Waals surface area contributed by atoms with E-state index in [0.29, 0.717) is 13.0 Å². The average molecular weight is 465 g/mol. The standard InChI is InChI=1S/C27H32N2O5/c1-2-11-24(26(32)28-17-10-4-3-5-16-25(30)31)29-27(33)34-18-23-21-14-8-6-12-19(21)20-13-7-9-15-22(20)23/h2,6-9,12-15,23-24H,1,3-5,10-11,16-18H2,(H,28,32)(H,29,33)(H,30,31). The number of aliphatic carboxylic acids is 1. The van der Waals surface area contributed by atoms with Gasteiger partial charge in [-0.1, -0.05) is 67.4 Å². The minimum atomic E-state index is -0.792. The van der Waals surface area contributed by atoms with E-state index in [2.05, 4.69) is 41.5 Å². The molecule has 1 unspecified atom stereocenters. The summed E-state index contributed by atoms with van der Waals surface area (Å²) >= 11 is 0. The van der Waals surface area contributed by atoms with Gasteiger partial charge in [-0.25, -0.2) is 4.79 Å². The molecule has 0 aliphatic heterocycles. The molecule has 2 aromatic carbocycles. The molecule has 3 N–H and O–H groups in total. The maximum atomic E-state index is 12.5. The molecular formula is C27H32N2O5. The average Bonchev–Trinajstić information content (AvgIpc) is 3.15. The van der Waals surface area contributed by atoms with Crippen molar-refractivity contribution in [2.24, 2.45) is 0 Å². The van der Waals surface area contributed by atoms with E-state index >= 15 is 0 Å². The van der Waals surface area contributed by atoms with Crippen LogP contribution in [0.1, 0.15) is 55.6 Å². The van der Waals surface area contributed by atoms with E-state index in [4.69, 9.17) is 9.84 Å². The molecule has 0 fully saturated rings. The van der Waals surface area contributed by atoms with Crippen LogP contribution in [0.3, 0.4) is 0 Å². The smallest absolute Gasteiger partial charge is 0.407 e. The van der Waals surface area contributed by atoms with Crippen molar-refractivity contribution in [2.75, 3.05) is 13.2 Å². The van der Waals surface area contributed by atoms with Crippen molar-refractivity contribution in [1.29, 1.82) is 0 Å². The number of benzene rings is 2. The molecule has 0 radical (unpaired) electrons. The maximum Gasteiger partial charge on any atom is 0.407 e. The molecule has 0 bridgehead atoms. The van der Waals surface area contributed by atoms with Crippen molar-refractivity contribution in [3.8, 4) is 11.1 Å². The maximum absolute atomic E-state index is 12.5. The van der Waals surface area contributed by atoms with Crippen LogP contribution in [-0.4, -0.2) is 42.3 Å². The summed E-state index contributed by atoms with van der Waals surface area (Å²) in [5.41, 5.74) is 4.55. The first-order valence-corrected chi connectivity index (χ1v) is 11.7. The fourth-order valence-corrected chi connectivity index (χ4v) is 4.27. The zero-order chi connectivity index (χ0) is 24.3. The van der Waals surface area contributed by atoms with Crippen LogP contribution in [0.15, 0.2) is 61.2 Å². The van der Waals surface area contributed by atoms with E-state index in [0.717, 1.165) is 41.5 Å². The molecule has 0 aromatic heterocycles. The predicted molar refractivity (Wildman–Crippen MR) is 131 cm³/mol. The Bertz CT molecular complexity index is 974. The zero-order valence-electron chi connectivity index (χ0n) is 19.3. The number of hydrogen-bond donors (Lipinski definition) is 3. The number of alkyl carbamates (subject to hydrolysis) is 1. The van der Waals surface area contributed by atoms with Crippen LogP contribution in [0.2, 0.25) is 0 Å². The Balaban J connectivity index is 1.47. The first kappa shape index (κ1) is 25.0. The lowest BCUT2D eigenvalue weighted by Gasteiger charge is -2.19. The van der Waals surface area contributed by atoms with Crippen molar-refractivity contribution in [3.63, 3.8) is 0 Å². The SMILES string of the molecule is C=CCC(NC(=O)OCC1c2ccccc2-c2ccccc21)C(=O)NCCCCCCC(=O)O. The van der Waals surface area contributed by atoms with Crippen molar-refractivity contribution in [2.45, 2.75) is 50.5 Å². The van der Waals surface area contributed by atoms with Crippen LogP contribution in [0, 0.1) is 0 Å². The van der Waals surface area contributed by atoms with E-state index in [9.17, 15) is 14.4 Å². The highest BCUT2D eigenvalue weighted by atomic mass is 16.5. The molecule has 7 nitrogen and oxygen atoms in total. The summed E-state index contributed by atoms with van der Waals surface area (Å²) in [6.07, 6.45) is 4.41. The number of carbonyl (C=O) groups is 3. The Kier molecular flexibility index (Phi) is 9.26. The number of carboxylic acid groups (broad SMARTS) is 1. The van der Waals surface area contributed by atoms with Gasteiger partial charge in [0.1, 0.15) is 12.6 Å². The normalized spacial score (nSPS) is 12.8. The molecule has 1 aliphatic rings. The lowest BCUT2D eigenvalue weighted by Crippen LogP contribution is -2.47. The second kappa shape index (κ2) is 12.6. The van der Waals surface area contributed by atoms with Crippen LogP contribution in [0.25, 0.3) is 11.1 Å². The zero-order valence-corrected chi connectivity index (χ0v) is 19.3. The molecule has 1 atom stereocenters. The van der Waals surface area contributed by atoms with E-state index in [-0.39, 0.29) is 31.3 Å². The third kappa shape index (κ3) is 6.70. The molecule has 34 heavy (non-hydrogen) atoms. The first-order chi connectivity index (χ1) is 16.5. The first-order valence-electron chi connectivity index (χ1n) is 11.7. The Hall–Kier alpha value is -3.61. The Morgan fingerprint density at radius 3 is 2.21 bits per heavy atom. The van der Waals surface area contributed by atoms with Gasteiger partial charge in [-0.3, -0.25) is 9.59 Å². The van der Waals surface area contributed by atoms with Crippen LogP contribution < -0.4 is 10.6 Å². The molecular weight excluding hydrogens is 432 g/mol. The third-order valence-electron chi connectivity index (χ3n) is 5.97. The van der Waals surface area contributed by atoms with E-state index < -0.39 is 18.1 Å². The minimum absolute atomic E-state index is 0.0500. The van der Waals surface area contributed by atoms with Crippen LogP contribution in [0.4, 0.5) is 4.79 Å². The third-order valence-corrected chi connectivity index (χ3v) is 5.97. The highest BCUT2D eigenvalue weighted by molar-refractivity contribution is 5.86. The van der Waals surface area contributed by atoms with Crippen LogP contribution in [-0.2, 0) is 14.3 Å². The number of fused-ring (bicyclic) bond motifs is 3. The summed E-state index contributed by atoms with van der Waals surface area (Å²) in [5.74, 6) is -1.13. The van der Waals surface area contributed by atoms with E-state index in [1.54, 1.807) is 6.08 Å². The number of unbranched alkanes of at least 4 members (excludes halogenated alkanes) is 3. The highest BCUT2D eigenvalue weighted by Gasteiger charge is 2.29. The van der Waals surface area contributed by atoms with Gasteiger partial charge in [0.15, 0.2) is 0 Å². The molecule has 2 amide bonds. The van der Waals surface area contributed by atoms with Gasteiger partial charge in [0.05, 0.1) is 0 Å². The summed E-state index contributed by atoms with van der Waals surface area (Å²) in [6, 6.07) is 15.5. The Morgan fingerprint density at radius 2 is 1.59 bits per heavy atom. The lowest BCUT2D eigenvalue weighted by atomic mass is 9.98. The van der Waals surface area contributed by atoms with Crippen molar-refractivity contribution in [1.82, 2.24) is 10.6 Å². The second-order valence-electron chi connectivity index (χ2n) is 8.40. The molecule has 180 valence electrons. The molecule has 0 heterocycles. The summed E-state index contributed by atoms with van der Waals surface area (Å²) < 4.78 is 5.54. The van der Waals surface area contributed by atoms with E-state index in [1.807, 2.05) is 24.3 Å². The molecule has 7 heteroatoms. The number of carboxylic acids is 1. The number of amides is 2. The van der Waals surface area contributed by atoms with Crippen molar-refractivity contribution in [3.05, 3.63) is 72.3 Å². The number of nitrogens with one attached hydrogen (secondary N) is 2. The summed E-state index contributed by atoms with van der Waals surface area (Å²) in [5, 5.41) is 14.1. The Morgan fingerprint density at radius 1 is 0.971 bits per heavy atom. The van der Waals surface area contributed by atoms with Crippen molar-refractivity contribution < 1.29 is 24.2 Å². The molecule has 0 saturated heterocycles.